The largest absolute Gasteiger partial charge is 0.316 e. The molecule has 84 valence electrons. The van der Waals surface area contributed by atoms with Crippen molar-refractivity contribution in [3.05, 3.63) is 17.5 Å². The lowest BCUT2D eigenvalue weighted by atomic mass is 9.85. The molecular weight excluding hydrogens is 186 g/mol. The maximum atomic E-state index is 4.59. The van der Waals surface area contributed by atoms with E-state index in [2.05, 4.69) is 37.4 Å². The molecule has 0 radical (unpaired) electrons. The van der Waals surface area contributed by atoms with E-state index in [0.717, 1.165) is 5.92 Å². The molecule has 0 aromatic carbocycles. The SMILES string of the molecule is Cn1cc(CC2CNC2)c(C(C)(C)C)n1. The Kier molecular flexibility index (Phi) is 2.59. The Morgan fingerprint density at radius 3 is 2.60 bits per heavy atom. The molecule has 0 atom stereocenters. The van der Waals surface area contributed by atoms with Crippen LogP contribution >= 0.6 is 0 Å². The maximum Gasteiger partial charge on any atom is 0.0709 e. The molecule has 3 nitrogen and oxygen atoms in total. The molecule has 0 spiro atoms. The molecule has 1 aromatic heterocycles. The maximum absolute atomic E-state index is 4.59. The van der Waals surface area contributed by atoms with Crippen molar-refractivity contribution in [2.75, 3.05) is 13.1 Å². The summed E-state index contributed by atoms with van der Waals surface area (Å²) in [6, 6.07) is 0. The van der Waals surface area contributed by atoms with Crippen molar-refractivity contribution >= 4 is 0 Å². The van der Waals surface area contributed by atoms with Crippen molar-refractivity contribution < 1.29 is 0 Å². The summed E-state index contributed by atoms with van der Waals surface area (Å²) in [6.45, 7) is 9.03. The minimum atomic E-state index is 0.160. The number of aryl methyl sites for hydroxylation is 1. The standard InChI is InChI=1S/C12H21N3/c1-12(2,3)11-10(8-15(4)14-11)5-9-6-13-7-9/h8-9,13H,5-7H2,1-4H3. The van der Waals surface area contributed by atoms with Crippen LogP contribution in [0.1, 0.15) is 32.0 Å². The van der Waals surface area contributed by atoms with Crippen LogP contribution in [0, 0.1) is 5.92 Å². The smallest absolute Gasteiger partial charge is 0.0709 e. The molecule has 1 aliphatic heterocycles. The minimum absolute atomic E-state index is 0.160. The molecule has 1 aliphatic rings. The van der Waals surface area contributed by atoms with Gasteiger partial charge in [0.2, 0.25) is 0 Å². The summed E-state index contributed by atoms with van der Waals surface area (Å²) >= 11 is 0. The summed E-state index contributed by atoms with van der Waals surface area (Å²) in [5.74, 6) is 0.815. The summed E-state index contributed by atoms with van der Waals surface area (Å²) in [4.78, 5) is 0. The third-order valence-electron chi connectivity index (χ3n) is 2.99. The lowest BCUT2D eigenvalue weighted by Gasteiger charge is -2.28. The fraction of sp³-hybridized carbons (Fsp3) is 0.750. The topological polar surface area (TPSA) is 29.9 Å². The Hall–Kier alpha value is -0.830. The van der Waals surface area contributed by atoms with Crippen LogP contribution in [-0.4, -0.2) is 22.9 Å². The van der Waals surface area contributed by atoms with Gasteiger partial charge in [0, 0.05) is 18.7 Å². The van der Waals surface area contributed by atoms with Crippen LogP contribution in [0.5, 0.6) is 0 Å². The lowest BCUT2D eigenvalue weighted by Crippen LogP contribution is -2.43. The number of rotatable bonds is 2. The highest BCUT2D eigenvalue weighted by atomic mass is 15.3. The van der Waals surface area contributed by atoms with Gasteiger partial charge in [0.05, 0.1) is 5.69 Å². The summed E-state index contributed by atoms with van der Waals surface area (Å²) in [7, 11) is 2.01. The Bertz CT molecular complexity index is 342. The van der Waals surface area contributed by atoms with Gasteiger partial charge < -0.3 is 5.32 Å². The quantitative estimate of drug-likeness (QED) is 0.796. The van der Waals surface area contributed by atoms with E-state index in [1.807, 2.05) is 11.7 Å². The molecule has 1 saturated heterocycles. The van der Waals surface area contributed by atoms with E-state index >= 15 is 0 Å². The Morgan fingerprint density at radius 1 is 1.47 bits per heavy atom. The second kappa shape index (κ2) is 3.63. The van der Waals surface area contributed by atoms with Gasteiger partial charge in [0.25, 0.3) is 0 Å². The van der Waals surface area contributed by atoms with Crippen molar-refractivity contribution in [2.45, 2.75) is 32.6 Å². The average Bonchev–Trinajstić information content (AvgIpc) is 2.38. The first-order chi connectivity index (χ1) is 6.97. The molecule has 2 rings (SSSR count). The van der Waals surface area contributed by atoms with Crippen LogP contribution in [-0.2, 0) is 18.9 Å². The number of aromatic nitrogens is 2. The second-order valence-electron chi connectivity index (χ2n) is 5.66. The molecule has 1 aromatic rings. The van der Waals surface area contributed by atoms with Crippen LogP contribution < -0.4 is 5.32 Å². The van der Waals surface area contributed by atoms with Crippen LogP contribution in [0.3, 0.4) is 0 Å². The zero-order valence-electron chi connectivity index (χ0n) is 10.2. The van der Waals surface area contributed by atoms with Crippen LogP contribution in [0.4, 0.5) is 0 Å². The van der Waals surface area contributed by atoms with E-state index in [9.17, 15) is 0 Å². The molecular formula is C12H21N3. The van der Waals surface area contributed by atoms with Gasteiger partial charge in [-0.1, -0.05) is 20.8 Å². The lowest BCUT2D eigenvalue weighted by molar-refractivity contribution is 0.344. The molecule has 0 saturated carbocycles. The zero-order valence-corrected chi connectivity index (χ0v) is 10.2. The molecule has 0 amide bonds. The monoisotopic (exact) mass is 207 g/mol. The van der Waals surface area contributed by atoms with Gasteiger partial charge in [0.15, 0.2) is 0 Å². The van der Waals surface area contributed by atoms with Crippen molar-refractivity contribution in [3.8, 4) is 0 Å². The molecule has 0 aliphatic carbocycles. The van der Waals surface area contributed by atoms with E-state index in [1.54, 1.807) is 0 Å². The highest BCUT2D eigenvalue weighted by Gasteiger charge is 2.25. The van der Waals surface area contributed by atoms with Gasteiger partial charge in [-0.3, -0.25) is 4.68 Å². The predicted octanol–water partition coefficient (Wildman–Crippen LogP) is 1.48. The van der Waals surface area contributed by atoms with Crippen LogP contribution in [0.25, 0.3) is 0 Å². The highest BCUT2D eigenvalue weighted by molar-refractivity contribution is 5.25. The zero-order chi connectivity index (χ0) is 11.1. The van der Waals surface area contributed by atoms with Crippen LogP contribution in [0.15, 0.2) is 6.20 Å². The van der Waals surface area contributed by atoms with Crippen LogP contribution in [0.2, 0.25) is 0 Å². The third-order valence-corrected chi connectivity index (χ3v) is 2.99. The molecule has 2 heterocycles. The van der Waals surface area contributed by atoms with E-state index in [1.165, 1.54) is 30.8 Å². The summed E-state index contributed by atoms with van der Waals surface area (Å²) < 4.78 is 1.95. The predicted molar refractivity (Wildman–Crippen MR) is 62.0 cm³/mol. The fourth-order valence-electron chi connectivity index (χ4n) is 2.12. The third kappa shape index (κ3) is 2.23. The summed E-state index contributed by atoms with van der Waals surface area (Å²) in [5, 5.41) is 7.91. The molecule has 0 bridgehead atoms. The number of nitrogens with zero attached hydrogens (tertiary/aromatic N) is 2. The Labute approximate surface area is 91.9 Å². The molecule has 3 heteroatoms. The van der Waals surface area contributed by atoms with Gasteiger partial charge in [-0.2, -0.15) is 5.10 Å². The first-order valence-corrected chi connectivity index (χ1v) is 5.70. The van der Waals surface area contributed by atoms with Gasteiger partial charge in [-0.05, 0) is 31.0 Å². The molecule has 1 fully saturated rings. The average molecular weight is 207 g/mol. The van der Waals surface area contributed by atoms with Gasteiger partial charge in [-0.25, -0.2) is 0 Å². The second-order valence-corrected chi connectivity index (χ2v) is 5.66. The van der Waals surface area contributed by atoms with Crippen molar-refractivity contribution in [1.82, 2.24) is 15.1 Å². The van der Waals surface area contributed by atoms with E-state index in [-0.39, 0.29) is 5.41 Å². The summed E-state index contributed by atoms with van der Waals surface area (Å²) in [6.07, 6.45) is 3.35. The van der Waals surface area contributed by atoms with Crippen molar-refractivity contribution in [2.24, 2.45) is 13.0 Å². The normalized spacial score (nSPS) is 17.9. The number of hydrogen-bond acceptors (Lipinski definition) is 2. The Balaban J connectivity index is 2.20. The number of hydrogen-bond donors (Lipinski definition) is 1. The first-order valence-electron chi connectivity index (χ1n) is 5.70. The first kappa shape index (κ1) is 10.7. The fourth-order valence-corrected chi connectivity index (χ4v) is 2.12. The van der Waals surface area contributed by atoms with Gasteiger partial charge in [-0.15, -0.1) is 0 Å². The van der Waals surface area contributed by atoms with E-state index in [0.29, 0.717) is 0 Å². The molecule has 0 unspecified atom stereocenters. The highest BCUT2D eigenvalue weighted by Crippen LogP contribution is 2.26. The minimum Gasteiger partial charge on any atom is -0.316 e. The van der Waals surface area contributed by atoms with Gasteiger partial charge in [0.1, 0.15) is 0 Å². The molecule has 15 heavy (non-hydrogen) atoms. The summed E-state index contributed by atoms with van der Waals surface area (Å²) in [5.41, 5.74) is 2.85. The number of nitrogens with one attached hydrogen (secondary N) is 1. The van der Waals surface area contributed by atoms with E-state index < -0.39 is 0 Å². The van der Waals surface area contributed by atoms with Crippen molar-refractivity contribution in [3.63, 3.8) is 0 Å². The van der Waals surface area contributed by atoms with E-state index in [4.69, 9.17) is 0 Å². The van der Waals surface area contributed by atoms with Crippen molar-refractivity contribution in [1.29, 1.82) is 0 Å². The Morgan fingerprint density at radius 2 is 2.13 bits per heavy atom. The molecule has 1 N–H and O–H groups in total. The van der Waals surface area contributed by atoms with Gasteiger partial charge >= 0.3 is 0 Å².